The van der Waals surface area contributed by atoms with Crippen molar-refractivity contribution in [2.24, 2.45) is 22.7 Å². The molecule has 0 radical (unpaired) electrons. The van der Waals surface area contributed by atoms with Crippen molar-refractivity contribution < 1.29 is 87.7 Å². The Hall–Kier alpha value is -3.48. The Kier molecular flexibility index (Phi) is 14.7. The average Bonchev–Trinajstić information content (AvgIpc) is 3.57. The third kappa shape index (κ3) is 9.55. The van der Waals surface area contributed by atoms with Gasteiger partial charge in [-0.05, 0) is 90.2 Å². The van der Waals surface area contributed by atoms with E-state index in [-0.39, 0.29) is 57.7 Å². The van der Waals surface area contributed by atoms with Crippen molar-refractivity contribution in [2.45, 2.75) is 127 Å². The summed E-state index contributed by atoms with van der Waals surface area (Å²) in [6, 6.07) is -1.49. The predicted octanol–water partition coefficient (Wildman–Crippen LogP) is 2.97. The Morgan fingerprint density at radius 2 is 1.59 bits per heavy atom. The van der Waals surface area contributed by atoms with E-state index < -0.39 is 106 Å². The van der Waals surface area contributed by atoms with Gasteiger partial charge in [0.2, 0.25) is 11.7 Å². The number of aliphatic hydroxyl groups is 1. The number of ketones is 2. The van der Waals surface area contributed by atoms with Gasteiger partial charge in [0.05, 0.1) is 42.8 Å². The average molecular weight is 846 g/mol. The Bertz CT molecular complexity index is 1640. The number of carbonyl (C=O) groups is 5. The lowest BCUT2D eigenvalue weighted by atomic mass is 9.44. The second-order valence-corrected chi connectivity index (χ2v) is 16.6. The van der Waals surface area contributed by atoms with Crippen molar-refractivity contribution in [3.05, 3.63) is 23.8 Å². The van der Waals surface area contributed by atoms with E-state index in [1.807, 2.05) is 0 Å². The van der Waals surface area contributed by atoms with Crippen LogP contribution in [0.25, 0.3) is 0 Å². The van der Waals surface area contributed by atoms with E-state index in [1.165, 1.54) is 18.2 Å². The molecule has 4 fully saturated rings. The first-order valence-electron chi connectivity index (χ1n) is 19.8. The maximum absolute atomic E-state index is 17.7. The lowest BCUT2D eigenvalue weighted by Gasteiger charge is -2.62. The molecule has 0 bridgehead atoms. The van der Waals surface area contributed by atoms with Crippen LogP contribution in [0.5, 0.6) is 0 Å². The third-order valence-corrected chi connectivity index (χ3v) is 12.6. The van der Waals surface area contributed by atoms with Gasteiger partial charge in [-0.25, -0.2) is 14.0 Å². The lowest BCUT2D eigenvalue weighted by Crippen LogP contribution is -2.70. The molecule has 0 spiro atoms. The summed E-state index contributed by atoms with van der Waals surface area (Å²) in [5.74, 6) is -5.03. The predicted molar refractivity (Wildman–Crippen MR) is 192 cm³/mol. The van der Waals surface area contributed by atoms with E-state index in [0.29, 0.717) is 37.7 Å². The van der Waals surface area contributed by atoms with E-state index in [0.717, 1.165) is 0 Å². The molecular formula is C38H56FN3O17. The van der Waals surface area contributed by atoms with Crippen LogP contribution in [0.1, 0.15) is 91.9 Å². The number of aliphatic hydroxyl groups excluding tert-OH is 1. The SMILES string of the molecule is CC1(C)O[C@@H]2C[C@H]3[C@@H]4CCC5=CC(=O)C=C[C@]5(C)[C@@]4(F)[C@@H](O)C[C@]3(C)[C@]2(C(=O)COC(=O)OCC(NC(=O)CCCCCON(O)O)C(=O)OCCCCON(O)O)O1. The number of Topliss-reactive ketones (excluding diaryl/α,β-unsaturated/α-hetero) is 1. The molecule has 5 aliphatic rings. The molecule has 21 heteroatoms. The zero-order valence-corrected chi connectivity index (χ0v) is 33.6. The van der Waals surface area contributed by atoms with Gasteiger partial charge in [0.15, 0.2) is 35.5 Å². The Morgan fingerprint density at radius 3 is 2.27 bits per heavy atom. The van der Waals surface area contributed by atoms with Crippen LogP contribution in [-0.2, 0) is 52.5 Å². The first kappa shape index (κ1) is 46.6. The second kappa shape index (κ2) is 18.6. The number of ether oxygens (including phenoxy) is 5. The summed E-state index contributed by atoms with van der Waals surface area (Å²) in [5.41, 5.74) is -5.77. The van der Waals surface area contributed by atoms with Crippen LogP contribution in [-0.4, -0.2) is 135 Å². The number of hydrogen-bond acceptors (Lipinski definition) is 19. The fourth-order valence-electron chi connectivity index (χ4n) is 10.0. The third-order valence-electron chi connectivity index (χ3n) is 12.6. The molecule has 4 aliphatic carbocycles. The normalized spacial score (nSPS) is 33.4. The summed E-state index contributed by atoms with van der Waals surface area (Å²) in [6.45, 7) is 4.80. The largest absolute Gasteiger partial charge is 0.508 e. The minimum atomic E-state index is -2.17. The van der Waals surface area contributed by atoms with Crippen LogP contribution in [0.15, 0.2) is 23.8 Å². The summed E-state index contributed by atoms with van der Waals surface area (Å²) in [7, 11) is 0. The number of carbonyl (C=O) groups excluding carboxylic acids is 5. The number of alkyl halides is 1. The Balaban J connectivity index is 1.23. The first-order chi connectivity index (χ1) is 27.7. The van der Waals surface area contributed by atoms with Gasteiger partial charge in [-0.3, -0.25) is 44.9 Å². The molecule has 0 aromatic heterocycles. The highest BCUT2D eigenvalue weighted by Crippen LogP contribution is 2.72. The van der Waals surface area contributed by atoms with Crippen molar-refractivity contribution in [3.63, 3.8) is 0 Å². The van der Waals surface area contributed by atoms with Gasteiger partial charge in [0.25, 0.3) is 0 Å². The van der Waals surface area contributed by atoms with E-state index in [1.54, 1.807) is 27.7 Å². The monoisotopic (exact) mass is 845 g/mol. The highest BCUT2D eigenvalue weighted by molar-refractivity contribution is 6.01. The van der Waals surface area contributed by atoms with Crippen molar-refractivity contribution in [3.8, 4) is 0 Å². The topological polar surface area (TPSA) is 270 Å². The molecular weight excluding hydrogens is 789 g/mol. The van der Waals surface area contributed by atoms with Crippen LogP contribution in [0.3, 0.4) is 0 Å². The molecule has 1 saturated heterocycles. The molecule has 9 atom stereocenters. The molecule has 1 heterocycles. The van der Waals surface area contributed by atoms with E-state index in [4.69, 9.17) is 44.5 Å². The van der Waals surface area contributed by atoms with Gasteiger partial charge >= 0.3 is 12.1 Å². The fourth-order valence-corrected chi connectivity index (χ4v) is 10.0. The van der Waals surface area contributed by atoms with Gasteiger partial charge in [-0.2, -0.15) is 0 Å². The smallest absolute Gasteiger partial charge is 0.464 e. The minimum Gasteiger partial charge on any atom is -0.464 e. The standard InChI is InChI=1S/C38H56FN3O17/c1-34(2)58-30-19-26-25-12-11-23-18-24(43)13-14-35(23,3)37(25,39)28(44)20-36(26,4)38(30,59-34)29(45)22-55-33(48)54-21-27(32(47)53-15-8-9-17-57-42(51)52)40-31(46)10-6-5-7-16-56-41(49)50/h13-14,18,25-28,30,44,49-52H,5-12,15-17,19-22H2,1-4H3,(H,40,46)/t25-,26-,27?,28-,30+,35-,36-,37-,38+/m0/s1. The van der Waals surface area contributed by atoms with Crippen molar-refractivity contribution >= 4 is 29.6 Å². The Morgan fingerprint density at radius 1 is 0.932 bits per heavy atom. The molecule has 0 aromatic carbocycles. The maximum Gasteiger partial charge on any atom is 0.508 e. The molecule has 332 valence electrons. The van der Waals surface area contributed by atoms with Gasteiger partial charge in [0, 0.05) is 23.2 Å². The number of fused-ring (bicyclic) bond motifs is 7. The summed E-state index contributed by atoms with van der Waals surface area (Å²) in [5, 5.41) is 47.8. The number of amides is 1. The summed E-state index contributed by atoms with van der Waals surface area (Å²) >= 11 is 0. The second-order valence-electron chi connectivity index (χ2n) is 16.6. The van der Waals surface area contributed by atoms with Crippen LogP contribution in [0.2, 0.25) is 0 Å². The van der Waals surface area contributed by atoms with Crippen LogP contribution in [0, 0.1) is 22.7 Å². The molecule has 1 aliphatic heterocycles. The lowest BCUT2D eigenvalue weighted by molar-refractivity contribution is -0.492. The van der Waals surface area contributed by atoms with E-state index in [2.05, 4.69) is 15.0 Å². The minimum absolute atomic E-state index is 0.0268. The van der Waals surface area contributed by atoms with Crippen LogP contribution >= 0.6 is 0 Å². The number of allylic oxidation sites excluding steroid dienone is 4. The van der Waals surface area contributed by atoms with Crippen LogP contribution in [0.4, 0.5) is 9.18 Å². The van der Waals surface area contributed by atoms with E-state index in [9.17, 15) is 29.1 Å². The molecule has 59 heavy (non-hydrogen) atoms. The Labute approximate surface area is 339 Å². The number of unbranched alkanes of at least 4 members (excludes halogenated alkanes) is 3. The number of nitrogens with zero attached hydrogens (tertiary/aromatic N) is 2. The fraction of sp³-hybridized carbons (Fsp3) is 0.763. The number of esters is 1. The quantitative estimate of drug-likeness (QED) is 0.0584. The zero-order valence-electron chi connectivity index (χ0n) is 33.6. The van der Waals surface area contributed by atoms with Crippen molar-refractivity contribution in [1.29, 1.82) is 0 Å². The highest BCUT2D eigenvalue weighted by Gasteiger charge is 2.80. The van der Waals surface area contributed by atoms with Crippen LogP contribution < -0.4 is 5.32 Å². The summed E-state index contributed by atoms with van der Waals surface area (Å²) < 4.78 is 46.1. The number of rotatable bonds is 20. The molecule has 5 rings (SSSR count). The number of hydrogen-bond donors (Lipinski definition) is 6. The van der Waals surface area contributed by atoms with E-state index >= 15 is 4.39 Å². The molecule has 6 N–H and O–H groups in total. The molecule has 1 amide bonds. The molecule has 3 saturated carbocycles. The van der Waals surface area contributed by atoms with Crippen molar-refractivity contribution in [1.82, 2.24) is 16.1 Å². The maximum atomic E-state index is 17.7. The summed E-state index contributed by atoms with van der Waals surface area (Å²) in [4.78, 5) is 74.2. The van der Waals surface area contributed by atoms with Gasteiger partial charge in [0.1, 0.15) is 6.61 Å². The number of halogens is 1. The summed E-state index contributed by atoms with van der Waals surface area (Å²) in [6.07, 6.45) is 2.81. The van der Waals surface area contributed by atoms with Gasteiger partial charge in [-0.15, -0.1) is 0 Å². The molecule has 20 nitrogen and oxygen atoms in total. The molecule has 1 unspecified atom stereocenters. The highest BCUT2D eigenvalue weighted by atomic mass is 19.1. The van der Waals surface area contributed by atoms with Crippen molar-refractivity contribution in [2.75, 3.05) is 33.0 Å². The first-order valence-corrected chi connectivity index (χ1v) is 19.8. The van der Waals surface area contributed by atoms with Gasteiger partial charge < -0.3 is 34.1 Å². The molecule has 0 aromatic rings. The zero-order chi connectivity index (χ0) is 43.4. The number of nitrogens with one attached hydrogen (secondary N) is 1. The van der Waals surface area contributed by atoms with Gasteiger partial charge in [-0.1, -0.05) is 25.0 Å².